The summed E-state index contributed by atoms with van der Waals surface area (Å²) in [6.45, 7) is 0. The molecule has 0 spiro atoms. The Morgan fingerprint density at radius 3 is 3.00 bits per heavy atom. The summed E-state index contributed by atoms with van der Waals surface area (Å²) in [4.78, 5) is 12.0. The minimum Gasteiger partial charge on any atom is -0.463 e. The van der Waals surface area contributed by atoms with E-state index in [1.807, 2.05) is 24.3 Å². The van der Waals surface area contributed by atoms with Crippen LogP contribution < -0.4 is 5.32 Å². The van der Waals surface area contributed by atoms with Crippen molar-refractivity contribution in [2.24, 2.45) is 0 Å². The zero-order chi connectivity index (χ0) is 11.7. The summed E-state index contributed by atoms with van der Waals surface area (Å²) in [6.07, 6.45) is 3.03. The number of carbonyl (C=O) groups excluding carboxylic acids is 1. The predicted octanol–water partition coefficient (Wildman–Crippen LogP) is 2.41. The van der Waals surface area contributed by atoms with Crippen LogP contribution >= 0.6 is 0 Å². The van der Waals surface area contributed by atoms with Gasteiger partial charge in [-0.3, -0.25) is 9.89 Å². The Hall–Kier alpha value is -2.56. The zero-order valence-electron chi connectivity index (χ0n) is 8.81. The van der Waals surface area contributed by atoms with E-state index in [0.29, 0.717) is 17.0 Å². The molecule has 3 aromatic rings. The Balaban J connectivity index is 1.96. The second kappa shape index (κ2) is 3.79. The third-order valence-corrected chi connectivity index (χ3v) is 2.47. The Labute approximate surface area is 96.4 Å². The van der Waals surface area contributed by atoms with Crippen molar-refractivity contribution in [3.05, 3.63) is 48.4 Å². The van der Waals surface area contributed by atoms with E-state index in [1.165, 1.54) is 6.26 Å². The highest BCUT2D eigenvalue weighted by molar-refractivity contribution is 6.11. The second-order valence-corrected chi connectivity index (χ2v) is 3.57. The number of anilines is 1. The minimum atomic E-state index is -0.223. The number of furan rings is 1. The van der Waals surface area contributed by atoms with Crippen LogP contribution in [0.5, 0.6) is 0 Å². The van der Waals surface area contributed by atoms with Crippen molar-refractivity contribution in [1.29, 1.82) is 0 Å². The lowest BCUT2D eigenvalue weighted by molar-refractivity contribution is 0.102. The molecule has 0 aliphatic rings. The number of aromatic nitrogens is 2. The summed E-state index contributed by atoms with van der Waals surface area (Å²) in [5.74, 6) is 0.333. The van der Waals surface area contributed by atoms with Gasteiger partial charge >= 0.3 is 0 Å². The van der Waals surface area contributed by atoms with Gasteiger partial charge in [-0.1, -0.05) is 18.2 Å². The van der Waals surface area contributed by atoms with Crippen molar-refractivity contribution in [2.45, 2.75) is 0 Å². The first-order valence-corrected chi connectivity index (χ1v) is 5.11. The average molecular weight is 227 g/mol. The third-order valence-electron chi connectivity index (χ3n) is 2.47. The largest absolute Gasteiger partial charge is 0.463 e. The summed E-state index contributed by atoms with van der Waals surface area (Å²) in [7, 11) is 0. The molecule has 0 saturated carbocycles. The fourth-order valence-electron chi connectivity index (χ4n) is 1.67. The third kappa shape index (κ3) is 1.67. The molecule has 1 amide bonds. The first-order valence-electron chi connectivity index (χ1n) is 5.11. The summed E-state index contributed by atoms with van der Waals surface area (Å²) in [6, 6.07) is 9.08. The molecule has 2 heterocycles. The van der Waals surface area contributed by atoms with Crippen molar-refractivity contribution in [3.8, 4) is 0 Å². The van der Waals surface area contributed by atoms with E-state index in [0.717, 1.165) is 5.39 Å². The highest BCUT2D eigenvalue weighted by Crippen LogP contribution is 2.21. The number of nitrogens with one attached hydrogen (secondary N) is 2. The number of para-hydroxylation sites is 1. The molecule has 2 aromatic heterocycles. The minimum absolute atomic E-state index is 0.223. The molecule has 0 saturated heterocycles. The van der Waals surface area contributed by atoms with Crippen LogP contribution in [0.1, 0.15) is 10.4 Å². The van der Waals surface area contributed by atoms with Crippen LogP contribution in [0.25, 0.3) is 11.0 Å². The maximum absolute atomic E-state index is 12.0. The molecule has 0 atom stereocenters. The van der Waals surface area contributed by atoms with Gasteiger partial charge in [0, 0.05) is 11.5 Å². The monoisotopic (exact) mass is 227 g/mol. The number of carbonyl (C=O) groups is 1. The van der Waals surface area contributed by atoms with Gasteiger partial charge in [0.2, 0.25) is 0 Å². The lowest BCUT2D eigenvalue weighted by atomic mass is 10.1. The smallest absolute Gasteiger partial charge is 0.260 e. The standard InChI is InChI=1S/C12H9N3O2/c16-12(14-11-5-6-13-15-11)9-7-17-10-4-2-1-3-8(9)10/h1-7H,(H2,13,14,15,16). The molecule has 0 bridgehead atoms. The molecule has 3 rings (SSSR count). The maximum atomic E-state index is 12.0. The number of nitrogens with zero attached hydrogens (tertiary/aromatic N) is 1. The normalized spacial score (nSPS) is 10.6. The molecule has 1 aromatic carbocycles. The quantitative estimate of drug-likeness (QED) is 0.706. The van der Waals surface area contributed by atoms with Gasteiger partial charge < -0.3 is 9.73 Å². The lowest BCUT2D eigenvalue weighted by Crippen LogP contribution is -2.11. The van der Waals surface area contributed by atoms with Crippen LogP contribution in [-0.4, -0.2) is 16.1 Å². The van der Waals surface area contributed by atoms with Gasteiger partial charge in [0.15, 0.2) is 0 Å². The fourth-order valence-corrected chi connectivity index (χ4v) is 1.67. The molecule has 5 nitrogen and oxygen atoms in total. The number of hydrogen-bond donors (Lipinski definition) is 2. The Kier molecular flexibility index (Phi) is 2.15. The van der Waals surface area contributed by atoms with E-state index < -0.39 is 0 Å². The molecule has 84 valence electrons. The molecule has 5 heteroatoms. The van der Waals surface area contributed by atoms with Crippen LogP contribution in [0.15, 0.2) is 47.2 Å². The molecule has 17 heavy (non-hydrogen) atoms. The topological polar surface area (TPSA) is 70.9 Å². The van der Waals surface area contributed by atoms with Crippen LogP contribution in [0, 0.1) is 0 Å². The fraction of sp³-hybridized carbons (Fsp3) is 0. The highest BCUT2D eigenvalue weighted by Gasteiger charge is 2.13. The number of rotatable bonds is 2. The van der Waals surface area contributed by atoms with Crippen LogP contribution in [-0.2, 0) is 0 Å². The van der Waals surface area contributed by atoms with Crippen molar-refractivity contribution in [2.75, 3.05) is 5.32 Å². The molecule has 0 aliphatic carbocycles. The van der Waals surface area contributed by atoms with Gasteiger partial charge in [-0.2, -0.15) is 5.10 Å². The first-order chi connectivity index (χ1) is 8.34. The summed E-state index contributed by atoms with van der Waals surface area (Å²) < 4.78 is 5.30. The Bertz CT molecular complexity index is 655. The number of benzene rings is 1. The van der Waals surface area contributed by atoms with Gasteiger partial charge in [-0.05, 0) is 6.07 Å². The van der Waals surface area contributed by atoms with E-state index in [2.05, 4.69) is 15.5 Å². The highest BCUT2D eigenvalue weighted by atomic mass is 16.3. The van der Waals surface area contributed by atoms with E-state index >= 15 is 0 Å². The number of amides is 1. The Morgan fingerprint density at radius 1 is 1.29 bits per heavy atom. The predicted molar refractivity (Wildman–Crippen MR) is 62.8 cm³/mol. The molecule has 0 radical (unpaired) electrons. The molecule has 2 N–H and O–H groups in total. The maximum Gasteiger partial charge on any atom is 0.260 e. The van der Waals surface area contributed by atoms with Gasteiger partial charge in [-0.15, -0.1) is 0 Å². The Morgan fingerprint density at radius 2 is 2.18 bits per heavy atom. The average Bonchev–Trinajstić information content (AvgIpc) is 2.96. The number of aromatic amines is 1. The summed E-state index contributed by atoms with van der Waals surface area (Å²) >= 11 is 0. The van der Waals surface area contributed by atoms with Crippen LogP contribution in [0.2, 0.25) is 0 Å². The van der Waals surface area contributed by atoms with Crippen molar-refractivity contribution < 1.29 is 9.21 Å². The second-order valence-electron chi connectivity index (χ2n) is 3.57. The zero-order valence-corrected chi connectivity index (χ0v) is 8.81. The van der Waals surface area contributed by atoms with E-state index in [-0.39, 0.29) is 5.91 Å². The van der Waals surface area contributed by atoms with Crippen LogP contribution in [0.4, 0.5) is 5.82 Å². The van der Waals surface area contributed by atoms with Gasteiger partial charge in [0.1, 0.15) is 17.7 Å². The summed E-state index contributed by atoms with van der Waals surface area (Å²) in [5.41, 5.74) is 1.21. The number of hydrogen-bond acceptors (Lipinski definition) is 3. The van der Waals surface area contributed by atoms with Crippen molar-refractivity contribution in [1.82, 2.24) is 10.2 Å². The molecule has 0 unspecified atom stereocenters. The molecular formula is C12H9N3O2. The lowest BCUT2D eigenvalue weighted by Gasteiger charge is -1.99. The number of H-pyrrole nitrogens is 1. The molecule has 0 fully saturated rings. The van der Waals surface area contributed by atoms with Crippen molar-refractivity contribution >= 4 is 22.7 Å². The van der Waals surface area contributed by atoms with Gasteiger partial charge in [0.25, 0.3) is 5.91 Å². The van der Waals surface area contributed by atoms with Crippen molar-refractivity contribution in [3.63, 3.8) is 0 Å². The number of fused-ring (bicyclic) bond motifs is 1. The van der Waals surface area contributed by atoms with E-state index in [1.54, 1.807) is 12.3 Å². The van der Waals surface area contributed by atoms with E-state index in [4.69, 9.17) is 4.42 Å². The van der Waals surface area contributed by atoms with Gasteiger partial charge in [-0.25, -0.2) is 0 Å². The van der Waals surface area contributed by atoms with Gasteiger partial charge in [0.05, 0.1) is 11.8 Å². The first kappa shape index (κ1) is 9.65. The summed E-state index contributed by atoms with van der Waals surface area (Å²) in [5, 5.41) is 9.92. The molecular weight excluding hydrogens is 218 g/mol. The van der Waals surface area contributed by atoms with E-state index in [9.17, 15) is 4.79 Å². The van der Waals surface area contributed by atoms with Crippen LogP contribution in [0.3, 0.4) is 0 Å². The SMILES string of the molecule is O=C(Nc1ccn[nH]1)c1coc2ccccc12. The molecule has 0 aliphatic heterocycles.